The number of nitrogens with one attached hydrogen (secondary N) is 1. The van der Waals surface area contributed by atoms with Crippen LogP contribution in [-0.4, -0.2) is 67.4 Å². The van der Waals surface area contributed by atoms with E-state index in [0.29, 0.717) is 19.5 Å². The van der Waals surface area contributed by atoms with E-state index in [1.807, 2.05) is 78.6 Å². The molecule has 0 aliphatic carbocycles. The summed E-state index contributed by atoms with van der Waals surface area (Å²) in [5.74, 6) is 1.68. The maximum atomic E-state index is 14.0. The number of carbonyl (C=O) groups is 2. The van der Waals surface area contributed by atoms with Crippen molar-refractivity contribution in [1.29, 1.82) is 0 Å². The maximum Gasteiger partial charge on any atom is 0.254 e. The van der Waals surface area contributed by atoms with Gasteiger partial charge < -0.3 is 19.9 Å². The number of nitrogens with zero attached hydrogens (tertiary/aromatic N) is 3. The largest absolute Gasteiger partial charge is 0.457 e. The molecule has 4 aromatic rings. The lowest BCUT2D eigenvalue weighted by atomic mass is 9.68. The van der Waals surface area contributed by atoms with Crippen LogP contribution in [0, 0.1) is 0 Å². The normalized spacial score (nSPS) is 17.0. The standard InChI is InChI=1S/C39H42N4O3/c1-2-40-38(45)39(33-13-6-8-15-35(33)46-36-16-9-7-14-34(36)39)20-10-21-41-23-25-42(26-24-41)31-18-17-30-19-22-43(37(44)32(30)27-31)28-29-11-4-3-5-12-29/h3-9,11-18,27H,2,10,19-26,28H2,1H3,(H,40,45). The van der Waals surface area contributed by atoms with Crippen LogP contribution in [0.4, 0.5) is 5.69 Å². The molecule has 0 unspecified atom stereocenters. The van der Waals surface area contributed by atoms with Gasteiger partial charge in [-0.15, -0.1) is 0 Å². The monoisotopic (exact) mass is 614 g/mol. The molecule has 7 heteroatoms. The van der Waals surface area contributed by atoms with Crippen LogP contribution >= 0.6 is 0 Å². The number of piperazine rings is 1. The van der Waals surface area contributed by atoms with Gasteiger partial charge in [-0.2, -0.15) is 0 Å². The summed E-state index contributed by atoms with van der Waals surface area (Å²) in [6.45, 7) is 8.55. The number of para-hydroxylation sites is 2. The van der Waals surface area contributed by atoms with Crippen LogP contribution < -0.4 is 15.0 Å². The molecule has 0 spiro atoms. The summed E-state index contributed by atoms with van der Waals surface area (Å²) in [7, 11) is 0. The van der Waals surface area contributed by atoms with Crippen molar-refractivity contribution < 1.29 is 14.3 Å². The molecule has 46 heavy (non-hydrogen) atoms. The Morgan fingerprint density at radius 2 is 1.50 bits per heavy atom. The number of amides is 2. The lowest BCUT2D eigenvalue weighted by Crippen LogP contribution is -2.49. The molecule has 3 heterocycles. The number of anilines is 1. The summed E-state index contributed by atoms with van der Waals surface area (Å²) in [6, 6.07) is 32.6. The molecule has 0 atom stereocenters. The molecule has 7 rings (SSSR count). The van der Waals surface area contributed by atoms with Crippen molar-refractivity contribution >= 4 is 17.5 Å². The van der Waals surface area contributed by atoms with Crippen molar-refractivity contribution in [2.75, 3.05) is 50.7 Å². The Morgan fingerprint density at radius 3 is 2.20 bits per heavy atom. The van der Waals surface area contributed by atoms with Crippen LogP contribution in [0.3, 0.4) is 0 Å². The molecule has 0 saturated carbocycles. The quantitative estimate of drug-likeness (QED) is 0.250. The van der Waals surface area contributed by atoms with Gasteiger partial charge in [0, 0.05) is 68.2 Å². The van der Waals surface area contributed by atoms with Crippen LogP contribution in [0.15, 0.2) is 97.1 Å². The molecule has 2 amide bonds. The molecule has 7 nitrogen and oxygen atoms in total. The third-order valence-electron chi connectivity index (χ3n) is 9.88. The lowest BCUT2D eigenvalue weighted by molar-refractivity contribution is -0.125. The number of fused-ring (bicyclic) bond motifs is 3. The fraction of sp³-hybridized carbons (Fsp3) is 0.333. The Morgan fingerprint density at radius 1 is 0.826 bits per heavy atom. The first-order chi connectivity index (χ1) is 22.6. The van der Waals surface area contributed by atoms with E-state index in [1.54, 1.807) is 0 Å². The third-order valence-corrected chi connectivity index (χ3v) is 9.88. The predicted octanol–water partition coefficient (Wildman–Crippen LogP) is 6.02. The maximum absolute atomic E-state index is 14.0. The summed E-state index contributed by atoms with van der Waals surface area (Å²) in [4.78, 5) is 34.3. The zero-order valence-electron chi connectivity index (χ0n) is 26.6. The second kappa shape index (κ2) is 13.0. The summed E-state index contributed by atoms with van der Waals surface area (Å²) in [5, 5.41) is 3.15. The molecule has 1 saturated heterocycles. The summed E-state index contributed by atoms with van der Waals surface area (Å²) in [5.41, 5.74) is 5.35. The number of ether oxygens (including phenoxy) is 1. The Hall–Kier alpha value is -4.62. The second-order valence-corrected chi connectivity index (χ2v) is 12.6. The third kappa shape index (κ3) is 5.64. The molecule has 0 bridgehead atoms. The highest BCUT2D eigenvalue weighted by molar-refractivity contribution is 5.98. The predicted molar refractivity (Wildman–Crippen MR) is 182 cm³/mol. The van der Waals surface area contributed by atoms with Gasteiger partial charge in [0.25, 0.3) is 5.91 Å². The highest BCUT2D eigenvalue weighted by Crippen LogP contribution is 2.50. The van der Waals surface area contributed by atoms with Crippen LogP contribution in [0.1, 0.15) is 52.4 Å². The van der Waals surface area contributed by atoms with Gasteiger partial charge in [-0.05, 0) is 68.1 Å². The first-order valence-corrected chi connectivity index (χ1v) is 16.7. The molecular formula is C39H42N4O3. The zero-order valence-corrected chi connectivity index (χ0v) is 26.6. The van der Waals surface area contributed by atoms with Crippen molar-refractivity contribution in [2.24, 2.45) is 0 Å². The number of carbonyl (C=O) groups excluding carboxylic acids is 2. The van der Waals surface area contributed by atoms with E-state index in [1.165, 1.54) is 0 Å². The molecule has 3 aliphatic heterocycles. The number of hydrogen-bond acceptors (Lipinski definition) is 5. The van der Waals surface area contributed by atoms with Crippen molar-refractivity contribution in [1.82, 2.24) is 15.1 Å². The van der Waals surface area contributed by atoms with Gasteiger partial charge in [0.05, 0.1) is 0 Å². The highest BCUT2D eigenvalue weighted by Gasteiger charge is 2.47. The Labute approximate surface area is 271 Å². The van der Waals surface area contributed by atoms with E-state index >= 15 is 0 Å². The van der Waals surface area contributed by atoms with Gasteiger partial charge in [0.1, 0.15) is 16.9 Å². The van der Waals surface area contributed by atoms with Gasteiger partial charge in [-0.3, -0.25) is 14.5 Å². The Balaban J connectivity index is 1.01. The number of likely N-dealkylation sites (N-methyl/N-ethyl adjacent to an activating group) is 1. The molecule has 3 aliphatic rings. The minimum absolute atomic E-state index is 0.0345. The van der Waals surface area contributed by atoms with Crippen molar-refractivity contribution in [3.05, 3.63) is 125 Å². The van der Waals surface area contributed by atoms with Crippen molar-refractivity contribution in [3.8, 4) is 11.5 Å². The van der Waals surface area contributed by atoms with Crippen LogP contribution in [0.2, 0.25) is 0 Å². The average molecular weight is 615 g/mol. The SMILES string of the molecule is CCNC(=O)C1(CCCN2CCN(c3ccc4c(c3)C(=O)N(Cc3ccccc3)CC4)CC2)c2ccccc2Oc2ccccc21. The first-order valence-electron chi connectivity index (χ1n) is 16.7. The van der Waals surface area contributed by atoms with E-state index in [0.717, 1.165) is 97.1 Å². The van der Waals surface area contributed by atoms with Gasteiger partial charge >= 0.3 is 0 Å². The molecule has 0 radical (unpaired) electrons. The average Bonchev–Trinajstić information content (AvgIpc) is 3.10. The summed E-state index contributed by atoms with van der Waals surface area (Å²) < 4.78 is 6.27. The van der Waals surface area contributed by atoms with Crippen LogP contribution in [0.5, 0.6) is 11.5 Å². The van der Waals surface area contributed by atoms with E-state index < -0.39 is 5.41 Å². The van der Waals surface area contributed by atoms with E-state index in [4.69, 9.17) is 4.74 Å². The Bertz CT molecular complexity index is 1670. The van der Waals surface area contributed by atoms with Gasteiger partial charge in [-0.1, -0.05) is 72.8 Å². The molecule has 236 valence electrons. The topological polar surface area (TPSA) is 65.1 Å². The van der Waals surface area contributed by atoms with Crippen molar-refractivity contribution in [3.63, 3.8) is 0 Å². The minimum Gasteiger partial charge on any atom is -0.457 e. The number of hydrogen-bond donors (Lipinski definition) is 1. The minimum atomic E-state index is -0.798. The van der Waals surface area contributed by atoms with Crippen molar-refractivity contribution in [2.45, 2.75) is 38.1 Å². The summed E-state index contributed by atoms with van der Waals surface area (Å²) >= 11 is 0. The van der Waals surface area contributed by atoms with E-state index in [2.05, 4.69) is 45.4 Å². The first kappa shape index (κ1) is 30.1. The molecule has 1 fully saturated rings. The van der Waals surface area contributed by atoms with Gasteiger partial charge in [0.15, 0.2) is 0 Å². The second-order valence-electron chi connectivity index (χ2n) is 12.6. The fourth-order valence-corrected chi connectivity index (χ4v) is 7.48. The summed E-state index contributed by atoms with van der Waals surface area (Å²) in [6.07, 6.45) is 2.47. The van der Waals surface area contributed by atoms with E-state index in [9.17, 15) is 9.59 Å². The number of benzene rings is 4. The fourth-order valence-electron chi connectivity index (χ4n) is 7.48. The van der Waals surface area contributed by atoms with E-state index in [-0.39, 0.29) is 11.8 Å². The zero-order chi connectivity index (χ0) is 31.5. The molecule has 0 aromatic heterocycles. The smallest absolute Gasteiger partial charge is 0.254 e. The van der Waals surface area contributed by atoms with Crippen LogP contribution in [-0.2, 0) is 23.2 Å². The van der Waals surface area contributed by atoms with Gasteiger partial charge in [0.2, 0.25) is 5.91 Å². The highest BCUT2D eigenvalue weighted by atomic mass is 16.5. The Kier molecular flexibility index (Phi) is 8.50. The molecule has 1 N–H and O–H groups in total. The van der Waals surface area contributed by atoms with Crippen LogP contribution in [0.25, 0.3) is 0 Å². The lowest BCUT2D eigenvalue weighted by Gasteiger charge is -2.40. The number of rotatable bonds is 9. The molecular weight excluding hydrogens is 572 g/mol. The molecule has 4 aromatic carbocycles. The van der Waals surface area contributed by atoms with Gasteiger partial charge in [-0.25, -0.2) is 0 Å².